The fraction of sp³-hybridized carbons (Fsp3) is 0.250. The number of aromatic nitrogens is 2. The molecule has 2 heterocycles. The zero-order valence-corrected chi connectivity index (χ0v) is 14.6. The molecule has 1 N–H and O–H groups in total. The SMILES string of the molecule is COc1ccc(CNc2nncc3cc(CN=[N+]=[N-])sc23)c(OC)c1. The van der Waals surface area contributed by atoms with E-state index in [9.17, 15) is 0 Å². The predicted octanol–water partition coefficient (Wildman–Crippen LogP) is 4.13. The average molecular weight is 356 g/mol. The molecule has 9 heteroatoms. The Bertz CT molecular complexity index is 936. The number of benzene rings is 1. The molecule has 0 amide bonds. The molecule has 3 aromatic rings. The Hall–Kier alpha value is -3.03. The van der Waals surface area contributed by atoms with Crippen LogP contribution in [0.15, 0.2) is 35.6 Å². The summed E-state index contributed by atoms with van der Waals surface area (Å²) in [6.45, 7) is 0.853. The fourth-order valence-electron chi connectivity index (χ4n) is 2.41. The van der Waals surface area contributed by atoms with Crippen molar-refractivity contribution in [2.75, 3.05) is 19.5 Å². The summed E-state index contributed by atoms with van der Waals surface area (Å²) < 4.78 is 11.6. The molecule has 0 radical (unpaired) electrons. The Morgan fingerprint density at radius 2 is 2.16 bits per heavy atom. The summed E-state index contributed by atoms with van der Waals surface area (Å²) in [5.74, 6) is 2.17. The highest BCUT2D eigenvalue weighted by Gasteiger charge is 2.10. The highest BCUT2D eigenvalue weighted by atomic mass is 32.1. The van der Waals surface area contributed by atoms with Crippen molar-refractivity contribution in [3.63, 3.8) is 0 Å². The van der Waals surface area contributed by atoms with Gasteiger partial charge in [0.15, 0.2) is 5.82 Å². The second-order valence-electron chi connectivity index (χ2n) is 5.11. The first-order chi connectivity index (χ1) is 12.2. The summed E-state index contributed by atoms with van der Waals surface area (Å²) in [4.78, 5) is 3.76. The third kappa shape index (κ3) is 3.73. The van der Waals surface area contributed by atoms with E-state index >= 15 is 0 Å². The van der Waals surface area contributed by atoms with Crippen LogP contribution in [0.4, 0.5) is 5.82 Å². The molecule has 0 atom stereocenters. The number of nitrogens with zero attached hydrogens (tertiary/aromatic N) is 5. The topological polar surface area (TPSA) is 105 Å². The molecular weight excluding hydrogens is 340 g/mol. The third-order valence-electron chi connectivity index (χ3n) is 3.61. The van der Waals surface area contributed by atoms with Gasteiger partial charge in [0.25, 0.3) is 0 Å². The van der Waals surface area contributed by atoms with Gasteiger partial charge in [-0.3, -0.25) is 0 Å². The van der Waals surface area contributed by atoms with E-state index in [1.807, 2.05) is 24.3 Å². The second-order valence-corrected chi connectivity index (χ2v) is 6.25. The van der Waals surface area contributed by atoms with Gasteiger partial charge in [0.2, 0.25) is 0 Å². The number of ether oxygens (including phenoxy) is 2. The summed E-state index contributed by atoms with van der Waals surface area (Å²) in [6, 6.07) is 7.63. The molecule has 0 aliphatic rings. The number of anilines is 1. The monoisotopic (exact) mass is 356 g/mol. The molecule has 0 spiro atoms. The number of thiophene rings is 1. The summed E-state index contributed by atoms with van der Waals surface area (Å²) >= 11 is 1.53. The lowest BCUT2D eigenvalue weighted by Gasteiger charge is -2.11. The molecule has 0 aliphatic carbocycles. The maximum Gasteiger partial charge on any atom is 0.166 e. The van der Waals surface area contributed by atoms with Crippen LogP contribution in [0, 0.1) is 0 Å². The van der Waals surface area contributed by atoms with E-state index in [1.165, 1.54) is 11.3 Å². The number of hydrogen-bond donors (Lipinski definition) is 1. The van der Waals surface area contributed by atoms with Crippen molar-refractivity contribution in [3.8, 4) is 11.5 Å². The lowest BCUT2D eigenvalue weighted by atomic mass is 10.2. The Morgan fingerprint density at radius 3 is 2.92 bits per heavy atom. The van der Waals surface area contributed by atoms with Crippen LogP contribution in [0.1, 0.15) is 10.4 Å². The summed E-state index contributed by atoms with van der Waals surface area (Å²) in [5.41, 5.74) is 9.44. The first-order valence-corrected chi connectivity index (χ1v) is 8.26. The molecule has 0 saturated heterocycles. The highest BCUT2D eigenvalue weighted by molar-refractivity contribution is 7.19. The summed E-state index contributed by atoms with van der Waals surface area (Å²) in [6.07, 6.45) is 1.70. The number of azide groups is 1. The van der Waals surface area contributed by atoms with Crippen molar-refractivity contribution >= 4 is 27.2 Å². The summed E-state index contributed by atoms with van der Waals surface area (Å²) in [5, 5.41) is 16.1. The number of methoxy groups -OCH3 is 2. The fourth-order valence-corrected chi connectivity index (χ4v) is 3.41. The zero-order valence-electron chi connectivity index (χ0n) is 13.8. The molecule has 0 saturated carbocycles. The van der Waals surface area contributed by atoms with Crippen molar-refractivity contribution < 1.29 is 9.47 Å². The molecule has 1 aromatic carbocycles. The van der Waals surface area contributed by atoms with E-state index in [-0.39, 0.29) is 0 Å². The second kappa shape index (κ2) is 7.69. The molecule has 2 aromatic heterocycles. The molecule has 0 aliphatic heterocycles. The van der Waals surface area contributed by atoms with Gasteiger partial charge in [-0.15, -0.1) is 16.4 Å². The Balaban J connectivity index is 1.83. The van der Waals surface area contributed by atoms with E-state index in [1.54, 1.807) is 20.4 Å². The quantitative estimate of drug-likeness (QED) is 0.389. The van der Waals surface area contributed by atoms with Crippen LogP contribution >= 0.6 is 11.3 Å². The molecule has 0 bridgehead atoms. The van der Waals surface area contributed by atoms with E-state index in [4.69, 9.17) is 15.0 Å². The van der Waals surface area contributed by atoms with Crippen molar-refractivity contribution in [1.82, 2.24) is 10.2 Å². The number of nitrogens with one attached hydrogen (secondary N) is 1. The predicted molar refractivity (Wildman–Crippen MR) is 97.1 cm³/mol. The van der Waals surface area contributed by atoms with Crippen molar-refractivity contribution in [2.45, 2.75) is 13.1 Å². The van der Waals surface area contributed by atoms with Crippen molar-refractivity contribution in [2.24, 2.45) is 5.11 Å². The normalized spacial score (nSPS) is 10.3. The molecule has 0 unspecified atom stereocenters. The molecule has 0 fully saturated rings. The van der Waals surface area contributed by atoms with Gasteiger partial charge in [0.1, 0.15) is 11.5 Å². The standard InChI is InChI=1S/C16H16N6O2S/c1-23-12-4-3-10(14(6-12)24-2)7-18-16-15-11(8-19-21-16)5-13(25-15)9-20-22-17/h3-6,8H,7,9H2,1-2H3,(H,18,21). The Morgan fingerprint density at radius 1 is 1.28 bits per heavy atom. The maximum absolute atomic E-state index is 8.46. The maximum atomic E-state index is 8.46. The van der Waals surface area contributed by atoms with Gasteiger partial charge in [-0.25, -0.2) is 0 Å². The van der Waals surface area contributed by atoms with Crippen LogP contribution in [-0.4, -0.2) is 24.4 Å². The molecule has 25 heavy (non-hydrogen) atoms. The van der Waals surface area contributed by atoms with Crippen molar-refractivity contribution in [1.29, 1.82) is 0 Å². The molecule has 8 nitrogen and oxygen atoms in total. The van der Waals surface area contributed by atoms with Crippen LogP contribution in [-0.2, 0) is 13.1 Å². The van der Waals surface area contributed by atoms with E-state index in [0.717, 1.165) is 32.0 Å². The Kier molecular flexibility index (Phi) is 5.17. The van der Waals surface area contributed by atoms with Gasteiger partial charge in [-0.05, 0) is 23.7 Å². The van der Waals surface area contributed by atoms with Crippen LogP contribution in [0.25, 0.3) is 20.5 Å². The minimum absolute atomic E-state index is 0.321. The lowest BCUT2D eigenvalue weighted by molar-refractivity contribution is 0.391. The van der Waals surface area contributed by atoms with Crippen LogP contribution < -0.4 is 14.8 Å². The van der Waals surface area contributed by atoms with Crippen LogP contribution in [0.3, 0.4) is 0 Å². The van der Waals surface area contributed by atoms with E-state index in [0.29, 0.717) is 18.9 Å². The Labute approximate surface area is 148 Å². The molecular formula is C16H16N6O2S. The van der Waals surface area contributed by atoms with Crippen molar-refractivity contribution in [3.05, 3.63) is 51.3 Å². The van der Waals surface area contributed by atoms with Gasteiger partial charge < -0.3 is 14.8 Å². The van der Waals surface area contributed by atoms with Gasteiger partial charge in [0.05, 0.1) is 31.7 Å². The number of fused-ring (bicyclic) bond motifs is 1. The van der Waals surface area contributed by atoms with Crippen LogP contribution in [0.2, 0.25) is 0 Å². The highest BCUT2D eigenvalue weighted by Crippen LogP contribution is 2.31. The number of rotatable bonds is 7. The van der Waals surface area contributed by atoms with Gasteiger partial charge >= 0.3 is 0 Å². The zero-order chi connectivity index (χ0) is 17.6. The van der Waals surface area contributed by atoms with E-state index < -0.39 is 0 Å². The minimum atomic E-state index is 0.321. The van der Waals surface area contributed by atoms with Gasteiger partial charge in [-0.2, -0.15) is 5.10 Å². The molecule has 3 rings (SSSR count). The average Bonchev–Trinajstić information content (AvgIpc) is 3.08. The number of hydrogen-bond acceptors (Lipinski definition) is 7. The van der Waals surface area contributed by atoms with Crippen LogP contribution in [0.5, 0.6) is 11.5 Å². The largest absolute Gasteiger partial charge is 0.497 e. The smallest absolute Gasteiger partial charge is 0.166 e. The lowest BCUT2D eigenvalue weighted by Crippen LogP contribution is -2.04. The van der Waals surface area contributed by atoms with E-state index in [2.05, 4.69) is 25.5 Å². The summed E-state index contributed by atoms with van der Waals surface area (Å²) in [7, 11) is 3.24. The minimum Gasteiger partial charge on any atom is -0.497 e. The molecule has 128 valence electrons. The first-order valence-electron chi connectivity index (χ1n) is 7.45. The van der Waals surface area contributed by atoms with Gasteiger partial charge in [-0.1, -0.05) is 5.11 Å². The van der Waals surface area contributed by atoms with Gasteiger partial charge in [0, 0.05) is 33.3 Å². The third-order valence-corrected chi connectivity index (χ3v) is 4.75. The first kappa shape index (κ1) is 16.8.